The van der Waals surface area contributed by atoms with Gasteiger partial charge in [-0.25, -0.2) is 0 Å². The average Bonchev–Trinajstić information content (AvgIpc) is 2.59. The van der Waals surface area contributed by atoms with E-state index in [0.29, 0.717) is 13.0 Å². The summed E-state index contributed by atoms with van der Waals surface area (Å²) in [7, 11) is 1.88. The molecule has 1 heterocycles. The molecule has 1 aliphatic heterocycles. The molecule has 4 nitrogen and oxygen atoms in total. The molecular formula is C11H18N2O2S. The molecule has 1 unspecified atom stereocenters. The van der Waals surface area contributed by atoms with E-state index in [9.17, 15) is 4.79 Å². The Morgan fingerprint density at radius 1 is 1.62 bits per heavy atom. The number of nitrogens with zero attached hydrogens (tertiary/aromatic N) is 2. The fraction of sp³-hybridized carbons (Fsp3) is 0.545. The summed E-state index contributed by atoms with van der Waals surface area (Å²) < 4.78 is 5.38. The number of ether oxygens (including phenoxy) is 1. The number of hydrogen-bond acceptors (Lipinski definition) is 5. The van der Waals surface area contributed by atoms with E-state index in [1.807, 2.05) is 35.5 Å². The van der Waals surface area contributed by atoms with Gasteiger partial charge in [-0.2, -0.15) is 11.8 Å². The molecule has 0 amide bonds. The molecule has 0 saturated heterocycles. The van der Waals surface area contributed by atoms with E-state index < -0.39 is 0 Å². The minimum Gasteiger partial charge on any atom is -0.422 e. The van der Waals surface area contributed by atoms with Crippen LogP contribution in [0.1, 0.15) is 6.42 Å². The van der Waals surface area contributed by atoms with Crippen LogP contribution >= 0.6 is 11.8 Å². The van der Waals surface area contributed by atoms with Gasteiger partial charge in [0.1, 0.15) is 0 Å². The molecule has 0 bridgehead atoms. The Bertz CT molecular complexity index is 281. The van der Waals surface area contributed by atoms with Crippen molar-refractivity contribution in [3.05, 3.63) is 25.1 Å². The maximum absolute atomic E-state index is 11.5. The molecule has 0 N–H and O–H groups in total. The minimum absolute atomic E-state index is 0.163. The Balaban J connectivity index is 2.44. The van der Waals surface area contributed by atoms with Crippen molar-refractivity contribution in [3.8, 4) is 0 Å². The van der Waals surface area contributed by atoms with Crippen LogP contribution in [0.4, 0.5) is 0 Å². The third-order valence-electron chi connectivity index (χ3n) is 2.21. The molecule has 90 valence electrons. The van der Waals surface area contributed by atoms with Crippen LogP contribution in [-0.2, 0) is 9.53 Å². The molecule has 0 aliphatic carbocycles. The van der Waals surface area contributed by atoms with Crippen molar-refractivity contribution in [1.29, 1.82) is 0 Å². The van der Waals surface area contributed by atoms with E-state index in [4.69, 9.17) is 4.74 Å². The molecule has 0 fully saturated rings. The Morgan fingerprint density at radius 2 is 2.38 bits per heavy atom. The summed E-state index contributed by atoms with van der Waals surface area (Å²) in [5.41, 5.74) is 0. The maximum Gasteiger partial charge on any atom is 0.309 e. The predicted molar refractivity (Wildman–Crippen MR) is 66.7 cm³/mol. The topological polar surface area (TPSA) is 32.8 Å². The van der Waals surface area contributed by atoms with Gasteiger partial charge in [0.2, 0.25) is 0 Å². The summed E-state index contributed by atoms with van der Waals surface area (Å²) in [4.78, 5) is 15.3. The molecule has 0 aromatic heterocycles. The maximum atomic E-state index is 11.5. The number of carbonyl (C=O) groups excluding carboxylic acids is 1. The molecule has 0 aromatic carbocycles. The summed E-state index contributed by atoms with van der Waals surface area (Å²) in [6.45, 7) is 4.34. The minimum atomic E-state index is -0.327. The summed E-state index contributed by atoms with van der Waals surface area (Å²) in [5, 5.41) is 0. The first kappa shape index (κ1) is 13.0. The van der Waals surface area contributed by atoms with E-state index in [2.05, 4.69) is 6.58 Å². The van der Waals surface area contributed by atoms with Gasteiger partial charge in [-0.3, -0.25) is 4.79 Å². The zero-order valence-corrected chi connectivity index (χ0v) is 10.6. The monoisotopic (exact) mass is 242 g/mol. The summed E-state index contributed by atoms with van der Waals surface area (Å²) in [6.07, 6.45) is 7.66. The smallest absolute Gasteiger partial charge is 0.309 e. The number of rotatable bonds is 6. The molecule has 1 aliphatic rings. The van der Waals surface area contributed by atoms with Gasteiger partial charge < -0.3 is 14.5 Å². The second-order valence-electron chi connectivity index (χ2n) is 3.51. The first-order valence-electron chi connectivity index (χ1n) is 5.14. The van der Waals surface area contributed by atoms with Crippen molar-refractivity contribution in [1.82, 2.24) is 9.80 Å². The lowest BCUT2D eigenvalue weighted by atomic mass is 10.5. The van der Waals surface area contributed by atoms with Gasteiger partial charge in [0.25, 0.3) is 6.35 Å². The van der Waals surface area contributed by atoms with Crippen LogP contribution in [0.3, 0.4) is 0 Å². The highest BCUT2D eigenvalue weighted by atomic mass is 32.2. The van der Waals surface area contributed by atoms with Gasteiger partial charge in [0, 0.05) is 31.7 Å². The Labute approximate surface area is 101 Å². The van der Waals surface area contributed by atoms with Crippen molar-refractivity contribution < 1.29 is 9.53 Å². The highest BCUT2D eigenvalue weighted by Crippen LogP contribution is 2.15. The van der Waals surface area contributed by atoms with Crippen LogP contribution in [0, 0.1) is 0 Å². The Morgan fingerprint density at radius 3 is 3.00 bits per heavy atom. The fourth-order valence-corrected chi connectivity index (χ4v) is 1.76. The fourth-order valence-electron chi connectivity index (χ4n) is 1.38. The molecule has 0 aromatic rings. The van der Waals surface area contributed by atoms with E-state index in [1.54, 1.807) is 17.8 Å². The SMILES string of the molecule is C=CCN1C=CN(C)C1OC(=O)CCSC. The molecule has 1 atom stereocenters. The summed E-state index contributed by atoms with van der Waals surface area (Å²) >= 11 is 1.64. The second-order valence-corrected chi connectivity index (χ2v) is 4.49. The van der Waals surface area contributed by atoms with Gasteiger partial charge in [-0.1, -0.05) is 6.08 Å². The van der Waals surface area contributed by atoms with E-state index in [1.165, 1.54) is 0 Å². The molecular weight excluding hydrogens is 224 g/mol. The van der Waals surface area contributed by atoms with Gasteiger partial charge in [-0.15, -0.1) is 6.58 Å². The van der Waals surface area contributed by atoms with Crippen LogP contribution in [0.5, 0.6) is 0 Å². The third kappa shape index (κ3) is 3.48. The Kier molecular flexibility index (Phi) is 5.25. The zero-order valence-electron chi connectivity index (χ0n) is 9.76. The quantitative estimate of drug-likeness (QED) is 0.520. The van der Waals surface area contributed by atoms with Crippen LogP contribution in [0.2, 0.25) is 0 Å². The van der Waals surface area contributed by atoms with E-state index in [0.717, 1.165) is 5.75 Å². The van der Waals surface area contributed by atoms with Gasteiger partial charge >= 0.3 is 5.97 Å². The lowest BCUT2D eigenvalue weighted by Gasteiger charge is -2.28. The molecule has 0 spiro atoms. The molecule has 1 rings (SSSR count). The highest BCUT2D eigenvalue weighted by Gasteiger charge is 2.26. The first-order valence-corrected chi connectivity index (χ1v) is 6.53. The zero-order chi connectivity index (χ0) is 12.0. The number of esters is 1. The standard InChI is InChI=1S/C11H18N2O2S/c1-4-6-13-8-7-12(2)11(13)15-10(14)5-9-16-3/h4,7-8,11H,1,5-6,9H2,2-3H3. The first-order chi connectivity index (χ1) is 7.69. The van der Waals surface area contributed by atoms with Crippen LogP contribution in [0.15, 0.2) is 25.1 Å². The Hall–Kier alpha value is -1.10. The molecule has 16 heavy (non-hydrogen) atoms. The molecule has 0 saturated carbocycles. The van der Waals surface area contributed by atoms with Crippen molar-refractivity contribution in [2.45, 2.75) is 12.8 Å². The van der Waals surface area contributed by atoms with Crippen molar-refractivity contribution >= 4 is 17.7 Å². The number of hydrogen-bond donors (Lipinski definition) is 0. The van der Waals surface area contributed by atoms with Crippen LogP contribution in [-0.4, -0.2) is 47.7 Å². The van der Waals surface area contributed by atoms with Crippen molar-refractivity contribution in [2.75, 3.05) is 25.6 Å². The van der Waals surface area contributed by atoms with Gasteiger partial charge in [0.15, 0.2) is 0 Å². The van der Waals surface area contributed by atoms with Gasteiger partial charge in [-0.05, 0) is 6.26 Å². The van der Waals surface area contributed by atoms with Crippen molar-refractivity contribution in [2.24, 2.45) is 0 Å². The van der Waals surface area contributed by atoms with Crippen LogP contribution in [0.25, 0.3) is 0 Å². The molecule has 0 radical (unpaired) electrons. The van der Waals surface area contributed by atoms with Crippen molar-refractivity contribution in [3.63, 3.8) is 0 Å². The van der Waals surface area contributed by atoms with Gasteiger partial charge in [0.05, 0.1) is 6.42 Å². The second kappa shape index (κ2) is 6.48. The largest absolute Gasteiger partial charge is 0.422 e. The van der Waals surface area contributed by atoms with Crippen LogP contribution < -0.4 is 0 Å². The number of carbonyl (C=O) groups is 1. The lowest BCUT2D eigenvalue weighted by molar-refractivity contribution is -0.165. The molecule has 5 heteroatoms. The number of thioether (sulfide) groups is 1. The average molecular weight is 242 g/mol. The summed E-state index contributed by atoms with van der Waals surface area (Å²) in [6, 6.07) is 0. The predicted octanol–water partition coefficient (Wildman–Crippen LogP) is 1.47. The highest BCUT2D eigenvalue weighted by molar-refractivity contribution is 7.98. The lowest BCUT2D eigenvalue weighted by Crippen LogP contribution is -2.40. The van der Waals surface area contributed by atoms with E-state index in [-0.39, 0.29) is 12.3 Å². The summed E-state index contributed by atoms with van der Waals surface area (Å²) in [5.74, 6) is 0.633. The normalized spacial score (nSPS) is 19.0. The van der Waals surface area contributed by atoms with E-state index >= 15 is 0 Å². The third-order valence-corrected chi connectivity index (χ3v) is 2.82.